The van der Waals surface area contributed by atoms with Crippen LogP contribution in [0, 0.1) is 19.7 Å². The number of anilines is 2. The van der Waals surface area contributed by atoms with Crippen molar-refractivity contribution in [2.75, 3.05) is 23.7 Å². The number of hydrogen-bond donors (Lipinski definition) is 2. The Kier molecular flexibility index (Phi) is 7.15. The van der Waals surface area contributed by atoms with Crippen molar-refractivity contribution in [1.82, 2.24) is 9.88 Å². The number of aryl methyl sites for hydroxylation is 2. The Bertz CT molecular complexity index is 1120. The first-order valence-corrected chi connectivity index (χ1v) is 11.9. The van der Waals surface area contributed by atoms with Crippen LogP contribution in [0.2, 0.25) is 0 Å². The van der Waals surface area contributed by atoms with Crippen molar-refractivity contribution in [2.24, 2.45) is 0 Å². The Morgan fingerprint density at radius 1 is 1.06 bits per heavy atom. The number of nitrogens with one attached hydrogen (secondary N) is 2. The van der Waals surface area contributed by atoms with Gasteiger partial charge in [0.05, 0.1) is 12.2 Å². The minimum absolute atomic E-state index is 0.0661. The highest BCUT2D eigenvalue weighted by molar-refractivity contribution is 7.14. The fourth-order valence-corrected chi connectivity index (χ4v) is 4.45. The Hall–Kier alpha value is -3.10. The maximum absolute atomic E-state index is 13.1. The molecular formula is C25H27FN4O2S. The summed E-state index contributed by atoms with van der Waals surface area (Å²) < 4.78 is 13.1. The summed E-state index contributed by atoms with van der Waals surface area (Å²) in [6.07, 6.45) is 2.37. The van der Waals surface area contributed by atoms with Crippen molar-refractivity contribution in [3.05, 3.63) is 64.8 Å². The van der Waals surface area contributed by atoms with Crippen LogP contribution in [-0.2, 0) is 9.59 Å². The quantitative estimate of drug-likeness (QED) is 0.466. The molecule has 0 aliphatic heterocycles. The molecule has 0 atom stereocenters. The lowest BCUT2D eigenvalue weighted by atomic mass is 10.1. The Balaban J connectivity index is 1.29. The maximum Gasteiger partial charge on any atom is 0.238 e. The second kappa shape index (κ2) is 10.2. The average Bonchev–Trinajstić information content (AvgIpc) is 3.53. The van der Waals surface area contributed by atoms with Crippen LogP contribution in [0.25, 0.3) is 11.3 Å². The van der Waals surface area contributed by atoms with E-state index in [-0.39, 0.29) is 30.6 Å². The normalized spacial score (nSPS) is 13.2. The van der Waals surface area contributed by atoms with Gasteiger partial charge in [-0.3, -0.25) is 14.5 Å². The zero-order chi connectivity index (χ0) is 23.4. The molecule has 1 fully saturated rings. The molecule has 0 unspecified atom stereocenters. The Morgan fingerprint density at radius 2 is 1.76 bits per heavy atom. The van der Waals surface area contributed by atoms with Crippen LogP contribution >= 0.6 is 11.3 Å². The number of halogens is 1. The Morgan fingerprint density at radius 3 is 2.42 bits per heavy atom. The molecule has 0 radical (unpaired) electrons. The van der Waals surface area contributed by atoms with Crippen molar-refractivity contribution in [3.8, 4) is 11.3 Å². The molecular weight excluding hydrogens is 439 g/mol. The van der Waals surface area contributed by atoms with Crippen LogP contribution in [0.15, 0.2) is 47.8 Å². The highest BCUT2D eigenvalue weighted by Gasteiger charge is 2.30. The average molecular weight is 467 g/mol. The van der Waals surface area contributed by atoms with E-state index in [1.165, 1.54) is 23.5 Å². The van der Waals surface area contributed by atoms with Crippen LogP contribution in [0.5, 0.6) is 0 Å². The number of hydrogen-bond acceptors (Lipinski definition) is 5. The monoisotopic (exact) mass is 466 g/mol. The van der Waals surface area contributed by atoms with Crippen LogP contribution in [-0.4, -0.2) is 40.8 Å². The number of rotatable bonds is 9. The lowest BCUT2D eigenvalue weighted by Crippen LogP contribution is -2.37. The van der Waals surface area contributed by atoms with Gasteiger partial charge in [0.15, 0.2) is 5.13 Å². The molecule has 8 heteroatoms. The van der Waals surface area contributed by atoms with Gasteiger partial charge in [-0.15, -0.1) is 11.3 Å². The first-order chi connectivity index (χ1) is 15.9. The first kappa shape index (κ1) is 23.1. The van der Waals surface area contributed by atoms with Gasteiger partial charge in [-0.2, -0.15) is 0 Å². The fraction of sp³-hybridized carbons (Fsp3) is 0.320. The number of benzene rings is 2. The third kappa shape index (κ3) is 6.24. The molecule has 0 saturated heterocycles. The maximum atomic E-state index is 13.1. The van der Waals surface area contributed by atoms with E-state index in [1.807, 2.05) is 37.4 Å². The number of para-hydroxylation sites is 1. The Labute approximate surface area is 196 Å². The van der Waals surface area contributed by atoms with Crippen LogP contribution < -0.4 is 10.6 Å². The zero-order valence-corrected chi connectivity index (χ0v) is 19.5. The van der Waals surface area contributed by atoms with E-state index in [4.69, 9.17) is 0 Å². The minimum Gasteiger partial charge on any atom is -0.324 e. The molecule has 1 aliphatic carbocycles. The van der Waals surface area contributed by atoms with Gasteiger partial charge in [-0.1, -0.05) is 18.2 Å². The number of thiazole rings is 1. The number of carbonyl (C=O) groups excluding carboxylic acids is 2. The molecule has 2 N–H and O–H groups in total. The summed E-state index contributed by atoms with van der Waals surface area (Å²) >= 11 is 1.33. The molecule has 1 heterocycles. The van der Waals surface area contributed by atoms with Gasteiger partial charge in [-0.05, 0) is 62.1 Å². The second-order valence-electron chi connectivity index (χ2n) is 8.36. The predicted octanol–water partition coefficient (Wildman–Crippen LogP) is 5.00. The molecule has 2 amide bonds. The van der Waals surface area contributed by atoms with Gasteiger partial charge in [0, 0.05) is 35.6 Å². The molecule has 0 bridgehead atoms. The third-order valence-corrected chi connectivity index (χ3v) is 6.43. The van der Waals surface area contributed by atoms with E-state index in [0.717, 1.165) is 35.2 Å². The van der Waals surface area contributed by atoms with Crippen molar-refractivity contribution >= 4 is 34.0 Å². The van der Waals surface area contributed by atoms with Gasteiger partial charge in [0.1, 0.15) is 5.82 Å². The summed E-state index contributed by atoms with van der Waals surface area (Å²) in [6, 6.07) is 12.4. The summed E-state index contributed by atoms with van der Waals surface area (Å²) in [5.74, 6) is -0.509. The van der Waals surface area contributed by atoms with Crippen LogP contribution in [0.3, 0.4) is 0 Å². The van der Waals surface area contributed by atoms with E-state index < -0.39 is 0 Å². The van der Waals surface area contributed by atoms with Crippen molar-refractivity contribution in [3.63, 3.8) is 0 Å². The molecule has 3 aromatic rings. The van der Waals surface area contributed by atoms with E-state index in [9.17, 15) is 14.0 Å². The lowest BCUT2D eigenvalue weighted by molar-refractivity contribution is -0.119. The topological polar surface area (TPSA) is 74.3 Å². The van der Waals surface area contributed by atoms with Crippen molar-refractivity contribution in [1.29, 1.82) is 0 Å². The SMILES string of the molecule is Cc1cccc(C)c1NC(=O)CN(CCC(=O)Nc1nc(-c2ccc(F)cc2)cs1)C1CC1. The molecule has 172 valence electrons. The van der Waals surface area contributed by atoms with Crippen molar-refractivity contribution in [2.45, 2.75) is 39.2 Å². The van der Waals surface area contributed by atoms with E-state index in [0.29, 0.717) is 23.4 Å². The third-order valence-electron chi connectivity index (χ3n) is 5.67. The van der Waals surface area contributed by atoms with Crippen LogP contribution in [0.4, 0.5) is 15.2 Å². The molecule has 1 aromatic heterocycles. The van der Waals surface area contributed by atoms with Crippen molar-refractivity contribution < 1.29 is 14.0 Å². The fourth-order valence-electron chi connectivity index (χ4n) is 3.72. The van der Waals surface area contributed by atoms with Crippen LogP contribution in [0.1, 0.15) is 30.4 Å². The molecule has 4 rings (SSSR count). The smallest absolute Gasteiger partial charge is 0.238 e. The zero-order valence-electron chi connectivity index (χ0n) is 18.7. The standard InChI is InChI=1S/C25H27FN4O2S/c1-16-4-3-5-17(2)24(16)28-23(32)14-30(20-10-11-20)13-12-22(31)29-25-27-21(15-33-25)18-6-8-19(26)9-7-18/h3-9,15,20H,10-14H2,1-2H3,(H,28,32)(H,27,29,31). The highest BCUT2D eigenvalue weighted by Crippen LogP contribution is 2.28. The lowest BCUT2D eigenvalue weighted by Gasteiger charge is -2.21. The molecule has 1 saturated carbocycles. The number of carbonyl (C=O) groups is 2. The second-order valence-corrected chi connectivity index (χ2v) is 9.22. The number of amides is 2. The summed E-state index contributed by atoms with van der Waals surface area (Å²) in [5, 5.41) is 8.20. The number of aromatic nitrogens is 1. The predicted molar refractivity (Wildman–Crippen MR) is 130 cm³/mol. The molecule has 1 aliphatic rings. The molecule has 33 heavy (non-hydrogen) atoms. The summed E-state index contributed by atoms with van der Waals surface area (Å²) in [6.45, 7) is 4.72. The van der Waals surface area contributed by atoms with Gasteiger partial charge in [0.2, 0.25) is 11.8 Å². The summed E-state index contributed by atoms with van der Waals surface area (Å²) in [5.41, 5.74) is 4.41. The molecule has 0 spiro atoms. The largest absolute Gasteiger partial charge is 0.324 e. The van der Waals surface area contributed by atoms with Gasteiger partial charge in [0.25, 0.3) is 0 Å². The van der Waals surface area contributed by atoms with Gasteiger partial charge < -0.3 is 10.6 Å². The number of nitrogens with zero attached hydrogens (tertiary/aromatic N) is 2. The van der Waals surface area contributed by atoms with E-state index >= 15 is 0 Å². The summed E-state index contributed by atoms with van der Waals surface area (Å²) in [7, 11) is 0. The van der Waals surface area contributed by atoms with E-state index in [1.54, 1.807) is 12.1 Å². The first-order valence-electron chi connectivity index (χ1n) is 11.0. The minimum atomic E-state index is -0.301. The highest BCUT2D eigenvalue weighted by atomic mass is 32.1. The van der Waals surface area contributed by atoms with Gasteiger partial charge in [-0.25, -0.2) is 9.37 Å². The van der Waals surface area contributed by atoms with E-state index in [2.05, 4.69) is 20.5 Å². The van der Waals surface area contributed by atoms with Gasteiger partial charge >= 0.3 is 0 Å². The molecule has 6 nitrogen and oxygen atoms in total. The molecule has 2 aromatic carbocycles. The summed E-state index contributed by atoms with van der Waals surface area (Å²) in [4.78, 5) is 31.7.